The van der Waals surface area contributed by atoms with Gasteiger partial charge in [-0.1, -0.05) is 0 Å². The monoisotopic (exact) mass is 535 g/mol. The number of thioether (sulfide) groups is 1. The largest absolute Gasteiger partial charge is 0.481 e. The van der Waals surface area contributed by atoms with Gasteiger partial charge in [0.25, 0.3) is 0 Å². The predicted molar refractivity (Wildman–Crippen MR) is 133 cm³/mol. The van der Waals surface area contributed by atoms with Crippen LogP contribution in [0.2, 0.25) is 0 Å². The number of nitrogens with one attached hydrogen (secondary N) is 3. The van der Waals surface area contributed by atoms with Gasteiger partial charge in [-0.2, -0.15) is 11.8 Å². The van der Waals surface area contributed by atoms with E-state index in [1.165, 1.54) is 18.7 Å². The predicted octanol–water partition coefficient (Wildman–Crippen LogP) is -3.09. The molecule has 0 rings (SSSR count). The average molecular weight is 536 g/mol. The molecule has 0 aromatic heterocycles. The fourth-order valence-corrected chi connectivity index (χ4v) is 3.35. The molecule has 0 bridgehead atoms. The van der Waals surface area contributed by atoms with Crippen molar-refractivity contribution in [2.75, 3.05) is 18.6 Å². The Morgan fingerprint density at radius 1 is 0.917 bits per heavy atom. The summed E-state index contributed by atoms with van der Waals surface area (Å²) in [6.45, 7) is 1.36. The zero-order valence-corrected chi connectivity index (χ0v) is 21.1. The second-order valence-corrected chi connectivity index (χ2v) is 8.94. The zero-order chi connectivity index (χ0) is 27.8. The first-order valence-corrected chi connectivity index (χ1v) is 12.5. The molecule has 16 heteroatoms. The minimum Gasteiger partial charge on any atom is -0.481 e. The van der Waals surface area contributed by atoms with Gasteiger partial charge in [0.1, 0.15) is 18.1 Å². The van der Waals surface area contributed by atoms with Crippen molar-refractivity contribution in [3.05, 3.63) is 0 Å². The van der Waals surface area contributed by atoms with E-state index in [1.54, 1.807) is 6.26 Å². The summed E-state index contributed by atoms with van der Waals surface area (Å²) in [6, 6.07) is -5.20. The fourth-order valence-electron chi connectivity index (χ4n) is 2.87. The number of hydrogen-bond acceptors (Lipinski definition) is 9. The van der Waals surface area contributed by atoms with Crippen LogP contribution in [0.15, 0.2) is 4.99 Å². The van der Waals surface area contributed by atoms with Gasteiger partial charge in [-0.25, -0.2) is 4.79 Å². The number of aliphatic carboxylic acids is 2. The molecule has 15 nitrogen and oxygen atoms in total. The molecule has 0 radical (unpaired) electrons. The summed E-state index contributed by atoms with van der Waals surface area (Å²) in [7, 11) is 0. The van der Waals surface area contributed by atoms with Crippen molar-refractivity contribution in [3.8, 4) is 0 Å². The molecule has 0 heterocycles. The molecule has 0 aromatic rings. The Balaban J connectivity index is 5.51. The van der Waals surface area contributed by atoms with Crippen molar-refractivity contribution in [1.29, 1.82) is 0 Å². The summed E-state index contributed by atoms with van der Waals surface area (Å²) in [5, 5.41) is 35.2. The van der Waals surface area contributed by atoms with Gasteiger partial charge in [0.15, 0.2) is 5.96 Å². The molecule has 5 atom stereocenters. The highest BCUT2D eigenvalue weighted by Gasteiger charge is 2.32. The molecule has 5 unspecified atom stereocenters. The molecule has 36 heavy (non-hydrogen) atoms. The van der Waals surface area contributed by atoms with E-state index in [9.17, 15) is 34.2 Å². The molecule has 0 aliphatic carbocycles. The zero-order valence-electron chi connectivity index (χ0n) is 20.3. The lowest BCUT2D eigenvalue weighted by molar-refractivity contribution is -0.142. The first kappa shape index (κ1) is 32.9. The Morgan fingerprint density at radius 2 is 1.53 bits per heavy atom. The number of aliphatic imine (C=N–C) groups is 1. The molecular weight excluding hydrogens is 498 g/mol. The van der Waals surface area contributed by atoms with Crippen LogP contribution in [0, 0.1) is 0 Å². The third kappa shape index (κ3) is 13.7. The number of aliphatic hydroxyl groups excluding tert-OH is 1. The number of guanidine groups is 1. The van der Waals surface area contributed by atoms with E-state index < -0.39 is 59.9 Å². The maximum Gasteiger partial charge on any atom is 0.326 e. The molecule has 0 aliphatic rings. The van der Waals surface area contributed by atoms with Crippen LogP contribution in [0.1, 0.15) is 39.0 Å². The molecule has 12 N–H and O–H groups in total. The van der Waals surface area contributed by atoms with Crippen molar-refractivity contribution in [1.82, 2.24) is 16.0 Å². The maximum absolute atomic E-state index is 12.9. The Hall–Kier alpha value is -3.11. The summed E-state index contributed by atoms with van der Waals surface area (Å²) in [5.41, 5.74) is 16.2. The van der Waals surface area contributed by atoms with Gasteiger partial charge in [-0.05, 0) is 44.6 Å². The number of carbonyl (C=O) groups excluding carboxylic acids is 3. The fraction of sp³-hybridized carbons (Fsp3) is 0.700. The quantitative estimate of drug-likeness (QED) is 0.0479. The Kier molecular flexibility index (Phi) is 15.8. The molecule has 0 aliphatic heterocycles. The lowest BCUT2D eigenvalue weighted by Gasteiger charge is -2.26. The average Bonchev–Trinajstić information content (AvgIpc) is 2.79. The van der Waals surface area contributed by atoms with Crippen molar-refractivity contribution in [2.24, 2.45) is 22.2 Å². The second kappa shape index (κ2) is 17.3. The van der Waals surface area contributed by atoms with Crippen LogP contribution in [0.4, 0.5) is 0 Å². The SMILES string of the molecule is CSCCC(NC(=O)C(CCCN=C(N)N)NC(=O)C(NC(=O)C(N)CCC(=O)O)C(C)O)C(=O)O. The number of rotatable bonds is 18. The van der Waals surface area contributed by atoms with Crippen molar-refractivity contribution >= 4 is 47.4 Å². The van der Waals surface area contributed by atoms with Gasteiger partial charge >= 0.3 is 11.9 Å². The van der Waals surface area contributed by atoms with E-state index in [1.807, 2.05) is 0 Å². The van der Waals surface area contributed by atoms with Crippen molar-refractivity contribution in [2.45, 2.75) is 69.3 Å². The third-order valence-electron chi connectivity index (χ3n) is 4.87. The lowest BCUT2D eigenvalue weighted by atomic mass is 10.1. The van der Waals surface area contributed by atoms with Crippen LogP contribution in [0.5, 0.6) is 0 Å². The first-order chi connectivity index (χ1) is 16.8. The minimum atomic E-state index is -1.52. The molecule has 3 amide bonds. The summed E-state index contributed by atoms with van der Waals surface area (Å²) >= 11 is 1.40. The van der Waals surface area contributed by atoms with E-state index in [-0.39, 0.29) is 44.6 Å². The summed E-state index contributed by atoms with van der Waals surface area (Å²) in [4.78, 5) is 64.0. The standard InChI is InChI=1S/C20H37N7O8S/c1-10(28)15(27-16(31)11(21)5-6-14(29)30)18(33)25-12(4-3-8-24-20(22)23)17(32)26-13(19(34)35)7-9-36-2/h10-13,15,28H,3-9,21H2,1-2H3,(H,25,33)(H,26,32)(H,27,31)(H,29,30)(H,34,35)(H4,22,23,24). The highest BCUT2D eigenvalue weighted by molar-refractivity contribution is 7.98. The molecule has 0 spiro atoms. The number of carbonyl (C=O) groups is 5. The van der Waals surface area contributed by atoms with Gasteiger partial charge in [0.2, 0.25) is 17.7 Å². The van der Waals surface area contributed by atoms with E-state index in [0.717, 1.165) is 0 Å². The van der Waals surface area contributed by atoms with E-state index >= 15 is 0 Å². The van der Waals surface area contributed by atoms with Crippen LogP contribution in [-0.4, -0.2) is 99.8 Å². The molecule has 0 saturated carbocycles. The van der Waals surface area contributed by atoms with Crippen LogP contribution in [-0.2, 0) is 24.0 Å². The Bertz CT molecular complexity index is 792. The van der Waals surface area contributed by atoms with Gasteiger partial charge in [0, 0.05) is 13.0 Å². The van der Waals surface area contributed by atoms with Crippen molar-refractivity contribution in [3.63, 3.8) is 0 Å². The van der Waals surface area contributed by atoms with Gasteiger partial charge in [0.05, 0.1) is 12.1 Å². The van der Waals surface area contributed by atoms with Gasteiger partial charge in [-0.15, -0.1) is 0 Å². The van der Waals surface area contributed by atoms with E-state index in [4.69, 9.17) is 22.3 Å². The van der Waals surface area contributed by atoms with Crippen LogP contribution in [0.3, 0.4) is 0 Å². The Labute approximate surface area is 213 Å². The van der Waals surface area contributed by atoms with E-state index in [2.05, 4.69) is 20.9 Å². The maximum atomic E-state index is 12.9. The minimum absolute atomic E-state index is 0.0157. The lowest BCUT2D eigenvalue weighted by Crippen LogP contribution is -2.59. The number of nitrogens with two attached hydrogens (primary N) is 3. The van der Waals surface area contributed by atoms with E-state index in [0.29, 0.717) is 5.75 Å². The second-order valence-electron chi connectivity index (χ2n) is 7.96. The number of carboxylic acids is 2. The highest BCUT2D eigenvalue weighted by atomic mass is 32.2. The number of hydrogen-bond donors (Lipinski definition) is 9. The third-order valence-corrected chi connectivity index (χ3v) is 5.52. The molecular formula is C20H37N7O8S. The highest BCUT2D eigenvalue weighted by Crippen LogP contribution is 2.06. The summed E-state index contributed by atoms with van der Waals surface area (Å²) < 4.78 is 0. The molecule has 206 valence electrons. The number of nitrogens with zero attached hydrogens (tertiary/aromatic N) is 1. The van der Waals surface area contributed by atoms with Gasteiger partial charge in [-0.3, -0.25) is 24.2 Å². The van der Waals surface area contributed by atoms with Crippen LogP contribution < -0.4 is 33.2 Å². The normalized spacial score (nSPS) is 14.9. The number of amides is 3. The summed E-state index contributed by atoms with van der Waals surface area (Å²) in [6.07, 6.45) is 0.214. The molecule has 0 fully saturated rings. The topological polar surface area (TPSA) is 273 Å². The first-order valence-electron chi connectivity index (χ1n) is 11.1. The number of aliphatic hydroxyl groups is 1. The van der Waals surface area contributed by atoms with Crippen LogP contribution >= 0.6 is 11.8 Å². The molecule has 0 aromatic carbocycles. The molecule has 0 saturated heterocycles. The van der Waals surface area contributed by atoms with Gasteiger partial charge < -0.3 is 48.5 Å². The summed E-state index contributed by atoms with van der Waals surface area (Å²) in [5.74, 6) is -4.68. The Morgan fingerprint density at radius 3 is 2.03 bits per heavy atom. The van der Waals surface area contributed by atoms with Crippen LogP contribution in [0.25, 0.3) is 0 Å². The number of carboxylic acid groups (broad SMARTS) is 2. The van der Waals surface area contributed by atoms with Crippen molar-refractivity contribution < 1.29 is 39.3 Å². The smallest absolute Gasteiger partial charge is 0.326 e.